The molecular weight excluding hydrogens is 416 g/mol. The lowest BCUT2D eigenvalue weighted by Crippen LogP contribution is -2.07. The number of ether oxygens (including phenoxy) is 1. The molecule has 2 aromatic rings. The van der Waals surface area contributed by atoms with E-state index in [9.17, 15) is 4.79 Å². The molecule has 0 fully saturated rings. The molecule has 0 amide bonds. The molecule has 0 aromatic heterocycles. The van der Waals surface area contributed by atoms with Crippen LogP contribution in [0.2, 0.25) is 0 Å². The van der Waals surface area contributed by atoms with Crippen molar-refractivity contribution < 1.29 is 9.53 Å². The summed E-state index contributed by atoms with van der Waals surface area (Å²) < 4.78 is 7.79. The minimum absolute atomic E-state index is 0.345. The predicted octanol–water partition coefficient (Wildman–Crippen LogP) is 7.41. The van der Waals surface area contributed by atoms with E-state index in [0.29, 0.717) is 16.3 Å². The Hall–Kier alpha value is -1.87. The molecule has 134 valence electrons. The first-order valence-corrected chi connectivity index (χ1v) is 11.3. The Balaban J connectivity index is 1.35. The van der Waals surface area contributed by atoms with Crippen LogP contribution in [0.15, 0.2) is 94.4 Å². The largest absolute Gasteiger partial charge is 0.423 e. The topological polar surface area (TPSA) is 51.0 Å². The highest BCUT2D eigenvalue weighted by atomic mass is 32.2. The summed E-state index contributed by atoms with van der Waals surface area (Å²) in [6, 6.07) is 16.5. The zero-order chi connectivity index (χ0) is 18.5. The minimum Gasteiger partial charge on any atom is -0.423 e. The summed E-state index contributed by atoms with van der Waals surface area (Å²) in [5.41, 5.74) is 1.48. The van der Waals surface area contributed by atoms with E-state index in [4.69, 9.17) is 4.74 Å². The molecule has 0 unspecified atom stereocenters. The number of rotatable bonds is 4. The zero-order valence-electron chi connectivity index (χ0n) is 13.8. The van der Waals surface area contributed by atoms with Crippen LogP contribution in [-0.2, 0) is 4.79 Å². The van der Waals surface area contributed by atoms with Crippen molar-refractivity contribution in [2.24, 2.45) is 10.2 Å². The normalized spacial score (nSPS) is 16.2. The molecule has 0 spiro atoms. The van der Waals surface area contributed by atoms with E-state index in [2.05, 4.69) is 10.2 Å². The van der Waals surface area contributed by atoms with Crippen molar-refractivity contribution in [2.75, 3.05) is 0 Å². The van der Waals surface area contributed by atoms with Gasteiger partial charge in [-0.15, -0.1) is 0 Å². The van der Waals surface area contributed by atoms with Crippen molar-refractivity contribution in [3.8, 4) is 5.75 Å². The molecule has 4 rings (SSSR count). The fourth-order valence-corrected chi connectivity index (χ4v) is 6.40. The number of carbonyl (C=O) groups is 1. The maximum atomic E-state index is 12.4. The van der Waals surface area contributed by atoms with Crippen LogP contribution in [0.25, 0.3) is 0 Å². The van der Waals surface area contributed by atoms with E-state index < -0.39 is 0 Å². The van der Waals surface area contributed by atoms with Gasteiger partial charge in [-0.05, 0) is 52.6 Å². The second-order valence-electron chi connectivity index (χ2n) is 5.20. The zero-order valence-corrected chi connectivity index (χ0v) is 17.0. The molecule has 0 N–H and O–H groups in total. The molecule has 27 heavy (non-hydrogen) atoms. The summed E-state index contributed by atoms with van der Waals surface area (Å²) >= 11 is 6.38. The van der Waals surface area contributed by atoms with Crippen molar-refractivity contribution in [1.29, 1.82) is 0 Å². The molecule has 0 aliphatic carbocycles. The monoisotopic (exact) mass is 428 g/mol. The van der Waals surface area contributed by atoms with Gasteiger partial charge in [-0.1, -0.05) is 65.2 Å². The summed E-state index contributed by atoms with van der Waals surface area (Å²) in [6.45, 7) is 0. The van der Waals surface area contributed by atoms with Gasteiger partial charge < -0.3 is 4.74 Å². The Kier molecular flexibility index (Phi) is 6.08. The van der Waals surface area contributed by atoms with Crippen LogP contribution in [0.4, 0.5) is 11.4 Å². The van der Waals surface area contributed by atoms with Gasteiger partial charge in [0.05, 0.1) is 19.8 Å². The van der Waals surface area contributed by atoms with E-state index in [-0.39, 0.29) is 5.97 Å². The summed E-state index contributed by atoms with van der Waals surface area (Å²) in [4.78, 5) is 13.0. The maximum absolute atomic E-state index is 12.4. The average Bonchev–Trinajstić information content (AvgIpc) is 3.40. The molecule has 0 radical (unpaired) electrons. The number of esters is 1. The first-order valence-electron chi connectivity index (χ1n) is 7.84. The number of nitrogens with zero attached hydrogens (tertiary/aromatic N) is 2. The quantitative estimate of drug-likeness (QED) is 0.287. The Morgan fingerprint density at radius 2 is 1.44 bits per heavy atom. The lowest BCUT2D eigenvalue weighted by molar-refractivity contribution is -0.129. The number of carbonyl (C=O) groups excluding carboxylic acids is 1. The molecule has 8 heteroatoms. The second-order valence-corrected chi connectivity index (χ2v) is 9.48. The summed E-state index contributed by atoms with van der Waals surface area (Å²) in [7, 11) is 0. The predicted molar refractivity (Wildman–Crippen MR) is 117 cm³/mol. The van der Waals surface area contributed by atoms with Crippen LogP contribution in [-0.4, -0.2) is 5.97 Å². The van der Waals surface area contributed by atoms with Crippen LogP contribution in [0.3, 0.4) is 0 Å². The van der Waals surface area contributed by atoms with E-state index in [1.165, 1.54) is 16.0 Å². The van der Waals surface area contributed by atoms with Crippen LogP contribution < -0.4 is 4.74 Å². The van der Waals surface area contributed by atoms with Gasteiger partial charge in [0.2, 0.25) is 0 Å². The highest BCUT2D eigenvalue weighted by Gasteiger charge is 2.24. The van der Waals surface area contributed by atoms with Crippen LogP contribution >= 0.6 is 47.0 Å². The highest BCUT2D eigenvalue weighted by Crippen LogP contribution is 2.53. The molecule has 0 saturated heterocycles. The van der Waals surface area contributed by atoms with Gasteiger partial charge in [0.1, 0.15) is 10.7 Å². The van der Waals surface area contributed by atoms with Crippen molar-refractivity contribution in [3.05, 3.63) is 84.2 Å². The third-order valence-corrected chi connectivity index (χ3v) is 8.33. The van der Waals surface area contributed by atoms with Gasteiger partial charge in [-0.3, -0.25) is 0 Å². The Morgan fingerprint density at radius 3 is 2.15 bits per heavy atom. The lowest BCUT2D eigenvalue weighted by Gasteiger charge is -2.05. The van der Waals surface area contributed by atoms with E-state index in [1.807, 2.05) is 46.6 Å². The fraction of sp³-hybridized carbons (Fsp3) is 0. The third-order valence-electron chi connectivity index (χ3n) is 3.33. The Morgan fingerprint density at radius 1 is 0.778 bits per heavy atom. The third kappa shape index (κ3) is 4.90. The fourth-order valence-electron chi connectivity index (χ4n) is 2.09. The molecule has 2 aliphatic heterocycles. The van der Waals surface area contributed by atoms with Crippen LogP contribution in [0.5, 0.6) is 5.75 Å². The summed E-state index contributed by atoms with van der Waals surface area (Å²) in [5, 5.41) is 14.3. The molecule has 0 atom stereocenters. The van der Waals surface area contributed by atoms with Crippen LogP contribution in [0, 0.1) is 0 Å². The number of thioether (sulfide) groups is 4. The molecular formula is C19H12N2O2S4. The van der Waals surface area contributed by atoms with Crippen molar-refractivity contribution in [3.63, 3.8) is 0 Å². The average molecular weight is 429 g/mol. The lowest BCUT2D eigenvalue weighted by atomic mass is 10.3. The van der Waals surface area contributed by atoms with Gasteiger partial charge in [-0.2, -0.15) is 10.2 Å². The molecule has 2 aliphatic rings. The second kappa shape index (κ2) is 8.88. The van der Waals surface area contributed by atoms with Crippen molar-refractivity contribution in [2.45, 2.75) is 0 Å². The smallest absolute Gasteiger partial charge is 0.350 e. The molecule has 0 bridgehead atoms. The minimum atomic E-state index is -0.345. The maximum Gasteiger partial charge on any atom is 0.350 e. The number of hydrogen-bond acceptors (Lipinski definition) is 8. The summed E-state index contributed by atoms with van der Waals surface area (Å²) in [6.07, 6.45) is 0. The van der Waals surface area contributed by atoms with Crippen LogP contribution in [0.1, 0.15) is 0 Å². The number of azo groups is 1. The van der Waals surface area contributed by atoms with Gasteiger partial charge in [0, 0.05) is 0 Å². The molecule has 2 heterocycles. The van der Waals surface area contributed by atoms with E-state index in [0.717, 1.165) is 9.92 Å². The van der Waals surface area contributed by atoms with Gasteiger partial charge in [0.15, 0.2) is 0 Å². The van der Waals surface area contributed by atoms with Crippen molar-refractivity contribution >= 4 is 64.4 Å². The van der Waals surface area contributed by atoms with Crippen molar-refractivity contribution in [1.82, 2.24) is 0 Å². The summed E-state index contributed by atoms with van der Waals surface area (Å²) in [5.74, 6) is 0.139. The van der Waals surface area contributed by atoms with Gasteiger partial charge in [0.25, 0.3) is 0 Å². The highest BCUT2D eigenvalue weighted by molar-refractivity contribution is 8.33. The number of benzene rings is 2. The molecule has 4 nitrogen and oxygen atoms in total. The Labute approximate surface area is 173 Å². The number of hydrogen-bond donors (Lipinski definition) is 0. The first-order chi connectivity index (χ1) is 13.3. The van der Waals surface area contributed by atoms with Gasteiger partial charge >= 0.3 is 5.97 Å². The SMILES string of the molecule is O=C(Oc1ccc(N=Nc2ccccc2)cc1)C1=CSC(=C2SC=CS2)S1. The van der Waals surface area contributed by atoms with E-state index in [1.54, 1.807) is 59.6 Å². The van der Waals surface area contributed by atoms with E-state index >= 15 is 0 Å². The first kappa shape index (κ1) is 18.5. The standard InChI is InChI=1S/C19H12N2O2S4/c22-17(16-12-26-19(27-16)18-24-10-11-25-18)23-15-8-6-14(7-9-15)21-20-13-4-2-1-3-5-13/h1-12H. The Bertz CT molecular complexity index is 957. The van der Waals surface area contributed by atoms with Gasteiger partial charge in [-0.25, -0.2) is 4.79 Å². The molecule has 0 saturated carbocycles. The molecule has 2 aromatic carbocycles.